The molecule has 0 aromatic heterocycles. The van der Waals surface area contributed by atoms with Crippen LogP contribution in [0.25, 0.3) is 0 Å². The summed E-state index contributed by atoms with van der Waals surface area (Å²) in [6.07, 6.45) is 4.10. The van der Waals surface area contributed by atoms with Crippen molar-refractivity contribution in [3.8, 4) is 5.75 Å². The van der Waals surface area contributed by atoms with Crippen LogP contribution >= 0.6 is 0 Å². The molecule has 6 nitrogen and oxygen atoms in total. The van der Waals surface area contributed by atoms with E-state index in [1.807, 2.05) is 31.3 Å². The van der Waals surface area contributed by atoms with Gasteiger partial charge in [0.25, 0.3) is 5.91 Å². The summed E-state index contributed by atoms with van der Waals surface area (Å²) >= 11 is 0. The molecule has 2 N–H and O–H groups in total. The molecule has 3 rings (SSSR count). The number of guanidine groups is 1. The standard InChI is InChI=1S/C25H34N4O2/c1-4-19-5-7-21(8-6-19)17-29(3)25(26-2)27-16-15-20-9-13-23(14-10-20)31-18-24(30)28-22-11-12-22/h5-10,13-14,22H,4,11-12,15-18H2,1-3H3,(H,26,27)(H,28,30). The fourth-order valence-corrected chi connectivity index (χ4v) is 3.33. The van der Waals surface area contributed by atoms with Gasteiger partial charge in [0.15, 0.2) is 12.6 Å². The molecule has 0 spiro atoms. The third kappa shape index (κ3) is 7.63. The molecule has 166 valence electrons. The largest absolute Gasteiger partial charge is 0.484 e. The Morgan fingerprint density at radius 1 is 1.06 bits per heavy atom. The Bertz CT molecular complexity index is 858. The number of hydrogen-bond acceptors (Lipinski definition) is 3. The van der Waals surface area contributed by atoms with Crippen LogP contribution in [-0.4, -0.2) is 50.1 Å². The van der Waals surface area contributed by atoms with Crippen LogP contribution in [0.3, 0.4) is 0 Å². The maximum Gasteiger partial charge on any atom is 0.258 e. The molecule has 0 radical (unpaired) electrons. The average Bonchev–Trinajstić information content (AvgIpc) is 3.60. The molecule has 0 bridgehead atoms. The van der Waals surface area contributed by atoms with Gasteiger partial charge in [0.2, 0.25) is 0 Å². The molecule has 1 saturated carbocycles. The van der Waals surface area contributed by atoms with Crippen molar-refractivity contribution in [2.45, 2.75) is 45.2 Å². The van der Waals surface area contributed by atoms with Crippen molar-refractivity contribution in [1.29, 1.82) is 0 Å². The van der Waals surface area contributed by atoms with Crippen molar-refractivity contribution in [3.63, 3.8) is 0 Å². The Kier molecular flexibility index (Phi) is 8.33. The average molecular weight is 423 g/mol. The number of amides is 1. The lowest BCUT2D eigenvalue weighted by Crippen LogP contribution is -2.39. The Morgan fingerprint density at radius 2 is 1.71 bits per heavy atom. The zero-order valence-corrected chi connectivity index (χ0v) is 18.9. The minimum Gasteiger partial charge on any atom is -0.484 e. The van der Waals surface area contributed by atoms with E-state index in [0.29, 0.717) is 11.8 Å². The van der Waals surface area contributed by atoms with E-state index >= 15 is 0 Å². The van der Waals surface area contributed by atoms with Gasteiger partial charge in [0.05, 0.1) is 0 Å². The fourth-order valence-electron chi connectivity index (χ4n) is 3.33. The second-order valence-electron chi connectivity index (χ2n) is 8.02. The number of benzene rings is 2. The molecular formula is C25H34N4O2. The molecule has 6 heteroatoms. The smallest absolute Gasteiger partial charge is 0.258 e. The molecular weight excluding hydrogens is 388 g/mol. The van der Waals surface area contributed by atoms with Gasteiger partial charge < -0.3 is 20.3 Å². The Morgan fingerprint density at radius 3 is 2.32 bits per heavy atom. The van der Waals surface area contributed by atoms with Crippen molar-refractivity contribution in [1.82, 2.24) is 15.5 Å². The predicted octanol–water partition coefficient (Wildman–Crippen LogP) is 3.16. The molecule has 2 aromatic carbocycles. The van der Waals surface area contributed by atoms with E-state index < -0.39 is 0 Å². The summed E-state index contributed by atoms with van der Waals surface area (Å²) < 4.78 is 5.56. The van der Waals surface area contributed by atoms with Crippen molar-refractivity contribution in [2.75, 3.05) is 27.2 Å². The summed E-state index contributed by atoms with van der Waals surface area (Å²) in [7, 11) is 3.86. The third-order valence-electron chi connectivity index (χ3n) is 5.36. The summed E-state index contributed by atoms with van der Waals surface area (Å²) in [5.41, 5.74) is 3.83. The van der Waals surface area contributed by atoms with Crippen LogP contribution in [0, 0.1) is 0 Å². The highest BCUT2D eigenvalue weighted by Gasteiger charge is 2.23. The maximum absolute atomic E-state index is 11.7. The summed E-state index contributed by atoms with van der Waals surface area (Å²) in [5, 5.41) is 6.35. The summed E-state index contributed by atoms with van der Waals surface area (Å²) in [6.45, 7) is 3.84. The predicted molar refractivity (Wildman–Crippen MR) is 125 cm³/mol. The first-order valence-corrected chi connectivity index (χ1v) is 11.1. The second kappa shape index (κ2) is 11.4. The zero-order valence-electron chi connectivity index (χ0n) is 18.9. The first-order chi connectivity index (χ1) is 15.1. The van der Waals surface area contributed by atoms with Crippen molar-refractivity contribution >= 4 is 11.9 Å². The van der Waals surface area contributed by atoms with Crippen LogP contribution < -0.4 is 15.4 Å². The highest BCUT2D eigenvalue weighted by atomic mass is 16.5. The number of ether oxygens (including phenoxy) is 1. The molecule has 1 aliphatic carbocycles. The Balaban J connectivity index is 1.39. The van der Waals surface area contributed by atoms with Crippen molar-refractivity contribution in [3.05, 3.63) is 65.2 Å². The summed E-state index contributed by atoms with van der Waals surface area (Å²) in [5.74, 6) is 1.54. The SMILES string of the molecule is CCc1ccc(CN(C)C(=NC)NCCc2ccc(OCC(=O)NC3CC3)cc2)cc1. The number of nitrogens with zero attached hydrogens (tertiary/aromatic N) is 2. The van der Waals surface area contributed by atoms with Crippen LogP contribution in [0.4, 0.5) is 0 Å². The van der Waals surface area contributed by atoms with E-state index in [1.165, 1.54) is 16.7 Å². The first-order valence-electron chi connectivity index (χ1n) is 11.1. The lowest BCUT2D eigenvalue weighted by atomic mass is 10.1. The van der Waals surface area contributed by atoms with Gasteiger partial charge in [-0.2, -0.15) is 0 Å². The molecule has 0 aliphatic heterocycles. The molecule has 1 aliphatic rings. The van der Waals surface area contributed by atoms with Crippen LogP contribution in [0.2, 0.25) is 0 Å². The zero-order chi connectivity index (χ0) is 22.1. The number of hydrogen-bond donors (Lipinski definition) is 2. The van der Waals surface area contributed by atoms with Gasteiger partial charge in [0.1, 0.15) is 5.75 Å². The van der Waals surface area contributed by atoms with Crippen LogP contribution in [0.1, 0.15) is 36.5 Å². The maximum atomic E-state index is 11.7. The molecule has 1 fully saturated rings. The number of carbonyl (C=O) groups excluding carboxylic acids is 1. The molecule has 0 heterocycles. The van der Waals surface area contributed by atoms with E-state index in [-0.39, 0.29) is 12.5 Å². The van der Waals surface area contributed by atoms with Crippen LogP contribution in [0.15, 0.2) is 53.5 Å². The van der Waals surface area contributed by atoms with Crippen molar-refractivity contribution < 1.29 is 9.53 Å². The summed E-state index contributed by atoms with van der Waals surface area (Å²) in [6, 6.07) is 17.0. The van der Waals surface area contributed by atoms with E-state index in [4.69, 9.17) is 4.74 Å². The topological polar surface area (TPSA) is 66.0 Å². The Labute approximate surface area is 185 Å². The van der Waals surface area contributed by atoms with Gasteiger partial charge >= 0.3 is 0 Å². The highest BCUT2D eigenvalue weighted by Crippen LogP contribution is 2.18. The minimum absolute atomic E-state index is 0.0485. The van der Waals surface area contributed by atoms with Gasteiger partial charge in [-0.25, -0.2) is 0 Å². The third-order valence-corrected chi connectivity index (χ3v) is 5.36. The molecule has 1 amide bonds. The summed E-state index contributed by atoms with van der Waals surface area (Å²) in [4.78, 5) is 18.2. The number of rotatable bonds is 10. The van der Waals surface area contributed by atoms with Crippen LogP contribution in [0.5, 0.6) is 5.75 Å². The lowest BCUT2D eigenvalue weighted by molar-refractivity contribution is -0.123. The molecule has 0 saturated heterocycles. The van der Waals surface area contributed by atoms with E-state index in [2.05, 4.69) is 58.8 Å². The number of aliphatic imine (C=N–C) groups is 1. The number of carbonyl (C=O) groups is 1. The van der Waals surface area contributed by atoms with E-state index in [0.717, 1.165) is 44.7 Å². The first kappa shape index (κ1) is 22.7. The van der Waals surface area contributed by atoms with Crippen LogP contribution in [-0.2, 0) is 24.2 Å². The molecule has 0 unspecified atom stereocenters. The fraction of sp³-hybridized carbons (Fsp3) is 0.440. The van der Waals surface area contributed by atoms with Gasteiger partial charge in [0, 0.05) is 33.2 Å². The normalized spacial score (nSPS) is 13.6. The van der Waals surface area contributed by atoms with Crippen molar-refractivity contribution in [2.24, 2.45) is 4.99 Å². The minimum atomic E-state index is -0.0485. The monoisotopic (exact) mass is 422 g/mol. The van der Waals surface area contributed by atoms with Gasteiger partial charge in [-0.05, 0) is 54.5 Å². The molecule has 2 aromatic rings. The Hall–Kier alpha value is -3.02. The number of aryl methyl sites for hydroxylation is 1. The number of nitrogens with one attached hydrogen (secondary N) is 2. The molecule has 31 heavy (non-hydrogen) atoms. The van der Waals surface area contributed by atoms with Gasteiger partial charge in [-0.15, -0.1) is 0 Å². The van der Waals surface area contributed by atoms with E-state index in [1.54, 1.807) is 0 Å². The van der Waals surface area contributed by atoms with Gasteiger partial charge in [-0.3, -0.25) is 9.79 Å². The second-order valence-corrected chi connectivity index (χ2v) is 8.02. The lowest BCUT2D eigenvalue weighted by Gasteiger charge is -2.22. The van der Waals surface area contributed by atoms with E-state index in [9.17, 15) is 4.79 Å². The highest BCUT2D eigenvalue weighted by molar-refractivity contribution is 5.79. The molecule has 0 atom stereocenters. The van der Waals surface area contributed by atoms with Gasteiger partial charge in [-0.1, -0.05) is 43.3 Å². The quantitative estimate of drug-likeness (QED) is 0.456.